The topological polar surface area (TPSA) is 183 Å². The van der Waals surface area contributed by atoms with Gasteiger partial charge in [-0.15, -0.1) is 0 Å². The smallest absolute Gasteiger partial charge is 0.459 e. The SMILES string of the molecule is CC(C)C(=O)Nc1ncnn2c([C@@H]3O[C@](C)(CO[P@@](=O)(N[C@@H](C)C(=O)OC4CCCCC4)Oc4ccccc4)[C@@H](O)[C@H]3O)ccc12. The van der Waals surface area contributed by atoms with Crippen molar-refractivity contribution in [3.8, 4) is 5.75 Å². The fraction of sp³-hybridized carbons (Fsp3) is 0.548. The fourth-order valence-electron chi connectivity index (χ4n) is 5.50. The van der Waals surface area contributed by atoms with Crippen LogP contribution >= 0.6 is 7.75 Å². The first-order chi connectivity index (χ1) is 21.9. The van der Waals surface area contributed by atoms with Crippen molar-refractivity contribution in [3.63, 3.8) is 0 Å². The van der Waals surface area contributed by atoms with Crippen LogP contribution in [0.5, 0.6) is 5.75 Å². The minimum absolute atomic E-state index is 0.196. The quantitative estimate of drug-likeness (QED) is 0.163. The summed E-state index contributed by atoms with van der Waals surface area (Å²) in [4.78, 5) is 29.4. The highest BCUT2D eigenvalue weighted by molar-refractivity contribution is 7.52. The van der Waals surface area contributed by atoms with Gasteiger partial charge in [0.15, 0.2) is 5.82 Å². The lowest BCUT2D eigenvalue weighted by Crippen LogP contribution is -2.45. The standard InChI is InChI=1S/C31H42N5O9P/c1-19(2)29(39)34-28-24-16-15-23(36(24)33-18-32-28)26-25(37)27(38)31(4,44-26)17-42-46(41,45-22-13-9-6-10-14-22)35-20(3)30(40)43-21-11-7-5-8-12-21/h6,9-10,13-16,18-21,25-27,37-38H,5,7-8,11-12,17H2,1-4H3,(H,35,41)(H,32,33,34,39)/t20-,25-,26-,27-,31+,46-/m0/s1. The predicted octanol–water partition coefficient (Wildman–Crippen LogP) is 3.93. The Balaban J connectivity index is 1.33. The normalized spacial score (nSPS) is 25.7. The van der Waals surface area contributed by atoms with E-state index in [2.05, 4.69) is 20.5 Å². The van der Waals surface area contributed by atoms with E-state index in [-0.39, 0.29) is 29.5 Å². The summed E-state index contributed by atoms with van der Waals surface area (Å²) in [7, 11) is -4.28. The molecule has 0 unspecified atom stereocenters. The predicted molar refractivity (Wildman–Crippen MR) is 167 cm³/mol. The minimum Gasteiger partial charge on any atom is -0.461 e. The lowest BCUT2D eigenvalue weighted by Gasteiger charge is -2.30. The van der Waals surface area contributed by atoms with Crippen LogP contribution < -0.4 is 14.9 Å². The molecule has 15 heteroatoms. The van der Waals surface area contributed by atoms with Gasteiger partial charge in [-0.2, -0.15) is 10.2 Å². The Kier molecular flexibility index (Phi) is 10.5. The Bertz CT molecular complexity index is 1560. The second-order valence-electron chi connectivity index (χ2n) is 12.3. The molecular formula is C31H42N5O9P. The minimum atomic E-state index is -4.28. The number of carbonyl (C=O) groups excluding carboxylic acids is 2. The maximum atomic E-state index is 14.1. The summed E-state index contributed by atoms with van der Waals surface area (Å²) in [6, 6.07) is 10.6. The monoisotopic (exact) mass is 659 g/mol. The van der Waals surface area contributed by atoms with Gasteiger partial charge in [0.1, 0.15) is 53.7 Å². The summed E-state index contributed by atoms with van der Waals surface area (Å²) in [5.74, 6) is -0.588. The molecule has 2 fully saturated rings. The molecule has 1 aliphatic carbocycles. The van der Waals surface area contributed by atoms with Crippen molar-refractivity contribution in [1.82, 2.24) is 19.7 Å². The molecule has 1 saturated heterocycles. The maximum absolute atomic E-state index is 14.1. The Labute approximate surface area is 267 Å². The number of anilines is 1. The number of hydrogen-bond donors (Lipinski definition) is 4. The highest BCUT2D eigenvalue weighted by Crippen LogP contribution is 2.48. The zero-order valence-corrected chi connectivity index (χ0v) is 27.3. The molecule has 0 spiro atoms. The van der Waals surface area contributed by atoms with Crippen molar-refractivity contribution >= 4 is 31.0 Å². The van der Waals surface area contributed by atoms with Crippen LogP contribution in [0.25, 0.3) is 5.52 Å². The molecule has 46 heavy (non-hydrogen) atoms. The molecular weight excluding hydrogens is 617 g/mol. The molecule has 6 atom stereocenters. The van der Waals surface area contributed by atoms with Gasteiger partial charge in [0, 0.05) is 5.92 Å². The first-order valence-electron chi connectivity index (χ1n) is 15.5. The van der Waals surface area contributed by atoms with E-state index in [4.69, 9.17) is 18.5 Å². The number of aliphatic hydroxyl groups is 2. The molecule has 2 aromatic heterocycles. The van der Waals surface area contributed by atoms with Gasteiger partial charge in [0.25, 0.3) is 0 Å². The van der Waals surface area contributed by atoms with E-state index in [1.165, 1.54) is 24.7 Å². The van der Waals surface area contributed by atoms with Crippen molar-refractivity contribution in [2.75, 3.05) is 11.9 Å². The van der Waals surface area contributed by atoms with Crippen LogP contribution in [0.2, 0.25) is 0 Å². The van der Waals surface area contributed by atoms with Crippen LogP contribution in [-0.2, 0) is 28.2 Å². The number of nitrogens with one attached hydrogen (secondary N) is 2. The summed E-state index contributed by atoms with van der Waals surface area (Å²) in [5.41, 5.74) is -0.728. The number of esters is 1. The highest BCUT2D eigenvalue weighted by Gasteiger charge is 2.54. The highest BCUT2D eigenvalue weighted by atomic mass is 31.2. The molecule has 1 aromatic carbocycles. The van der Waals surface area contributed by atoms with E-state index in [1.807, 2.05) is 0 Å². The molecule has 0 bridgehead atoms. The number of fused-ring (bicyclic) bond motifs is 1. The van der Waals surface area contributed by atoms with Gasteiger partial charge in [-0.25, -0.2) is 14.1 Å². The van der Waals surface area contributed by atoms with E-state index in [0.717, 1.165) is 32.1 Å². The average Bonchev–Trinajstić information content (AvgIpc) is 3.56. The summed E-state index contributed by atoms with van der Waals surface area (Å²) >= 11 is 0. The largest absolute Gasteiger partial charge is 0.461 e. The van der Waals surface area contributed by atoms with Crippen LogP contribution in [-0.4, -0.2) is 73.2 Å². The van der Waals surface area contributed by atoms with Crippen LogP contribution in [0, 0.1) is 5.92 Å². The molecule has 14 nitrogen and oxygen atoms in total. The fourth-order valence-corrected chi connectivity index (χ4v) is 7.09. The maximum Gasteiger partial charge on any atom is 0.459 e. The molecule has 3 aromatic rings. The average molecular weight is 660 g/mol. The molecule has 1 amide bonds. The van der Waals surface area contributed by atoms with Crippen molar-refractivity contribution in [1.29, 1.82) is 0 Å². The second-order valence-corrected chi connectivity index (χ2v) is 14.0. The third-order valence-electron chi connectivity index (χ3n) is 8.22. The zero-order valence-electron chi connectivity index (χ0n) is 26.4. The Morgan fingerprint density at radius 3 is 2.52 bits per heavy atom. The molecule has 3 heterocycles. The van der Waals surface area contributed by atoms with Crippen LogP contribution in [0.3, 0.4) is 0 Å². The molecule has 1 aliphatic heterocycles. The summed E-state index contributed by atoms with van der Waals surface area (Å²) in [6.45, 7) is 6.04. The first kappa shape index (κ1) is 34.0. The number of carbonyl (C=O) groups is 2. The van der Waals surface area contributed by atoms with Gasteiger partial charge in [-0.05, 0) is 63.8 Å². The van der Waals surface area contributed by atoms with Crippen LogP contribution in [0.4, 0.5) is 5.82 Å². The number of hydrogen-bond acceptors (Lipinski definition) is 11. The number of ether oxygens (including phenoxy) is 2. The van der Waals surface area contributed by atoms with E-state index in [0.29, 0.717) is 11.2 Å². The van der Waals surface area contributed by atoms with Gasteiger partial charge in [0.05, 0.1) is 12.3 Å². The van der Waals surface area contributed by atoms with Crippen molar-refractivity contribution in [2.45, 2.75) is 95.9 Å². The van der Waals surface area contributed by atoms with E-state index in [9.17, 15) is 24.4 Å². The van der Waals surface area contributed by atoms with Gasteiger partial charge in [-0.3, -0.25) is 14.1 Å². The summed E-state index contributed by atoms with van der Waals surface area (Å²) in [6.07, 6.45) is 1.69. The molecule has 0 radical (unpaired) electrons. The van der Waals surface area contributed by atoms with E-state index >= 15 is 0 Å². The third kappa shape index (κ3) is 7.59. The lowest BCUT2D eigenvalue weighted by atomic mass is 9.97. The Hall–Kier alpha value is -3.39. The summed E-state index contributed by atoms with van der Waals surface area (Å²) in [5, 5.41) is 32.0. The molecule has 5 rings (SSSR count). The number of aromatic nitrogens is 3. The molecule has 1 saturated carbocycles. The van der Waals surface area contributed by atoms with E-state index in [1.54, 1.807) is 56.3 Å². The zero-order chi connectivity index (χ0) is 33.1. The number of para-hydroxylation sites is 1. The number of amides is 1. The number of aliphatic hydroxyl groups excluding tert-OH is 2. The number of rotatable bonds is 12. The van der Waals surface area contributed by atoms with Crippen LogP contribution in [0.1, 0.15) is 71.6 Å². The lowest BCUT2D eigenvalue weighted by molar-refractivity contribution is -0.152. The molecule has 4 N–H and O–H groups in total. The van der Waals surface area contributed by atoms with Crippen molar-refractivity contribution in [2.24, 2.45) is 5.92 Å². The summed E-state index contributed by atoms with van der Waals surface area (Å²) < 4.78 is 39.0. The van der Waals surface area contributed by atoms with Crippen molar-refractivity contribution < 1.29 is 42.9 Å². The molecule has 2 aliphatic rings. The van der Waals surface area contributed by atoms with E-state index < -0.39 is 50.3 Å². The Morgan fingerprint density at radius 2 is 1.83 bits per heavy atom. The van der Waals surface area contributed by atoms with Gasteiger partial charge in [0.2, 0.25) is 5.91 Å². The van der Waals surface area contributed by atoms with Crippen molar-refractivity contribution in [3.05, 3.63) is 54.5 Å². The number of nitrogens with zero attached hydrogens (tertiary/aromatic N) is 3. The Morgan fingerprint density at radius 1 is 1.11 bits per heavy atom. The van der Waals surface area contributed by atoms with Gasteiger partial charge in [-0.1, -0.05) is 38.5 Å². The van der Waals surface area contributed by atoms with Gasteiger partial charge < -0.3 is 29.5 Å². The molecule has 250 valence electrons. The number of benzene rings is 1. The third-order valence-corrected chi connectivity index (χ3v) is 9.85. The first-order valence-corrected chi connectivity index (χ1v) is 17.1. The second kappa shape index (κ2) is 14.2. The van der Waals surface area contributed by atoms with Crippen LogP contribution in [0.15, 0.2) is 48.8 Å². The van der Waals surface area contributed by atoms with Gasteiger partial charge >= 0.3 is 13.7 Å².